The van der Waals surface area contributed by atoms with Gasteiger partial charge in [0.2, 0.25) is 10.7 Å². The Morgan fingerprint density at radius 2 is 1.91 bits per heavy atom. The monoisotopic (exact) mass is 489 g/mol. The molecule has 0 unspecified atom stereocenters. The molecule has 0 atom stereocenters. The Morgan fingerprint density at radius 3 is 2.62 bits per heavy atom. The molecule has 0 aliphatic carbocycles. The van der Waals surface area contributed by atoms with Crippen LogP contribution in [0.2, 0.25) is 10.0 Å². The number of ether oxygens (including phenoxy) is 1. The zero-order valence-electron chi connectivity index (χ0n) is 16.3. The van der Waals surface area contributed by atoms with E-state index in [4.69, 9.17) is 27.9 Å². The molecule has 0 bridgehead atoms. The van der Waals surface area contributed by atoms with E-state index in [-0.39, 0.29) is 16.6 Å². The molecule has 0 aliphatic rings. The van der Waals surface area contributed by atoms with Gasteiger partial charge in [-0.1, -0.05) is 34.5 Å². The molecular formula is C20H13Cl2N5O4S. The molecule has 32 heavy (non-hydrogen) atoms. The maximum atomic E-state index is 12.4. The second-order valence-electron chi connectivity index (χ2n) is 6.27. The fraction of sp³-hybridized carbons (Fsp3) is 0.100. The number of fused-ring (bicyclic) bond motifs is 3. The summed E-state index contributed by atoms with van der Waals surface area (Å²) in [7, 11) is 0. The van der Waals surface area contributed by atoms with Gasteiger partial charge in [-0.2, -0.15) is 15.2 Å². The highest BCUT2D eigenvalue weighted by Gasteiger charge is 2.22. The van der Waals surface area contributed by atoms with Crippen LogP contribution in [0.15, 0.2) is 63.2 Å². The van der Waals surface area contributed by atoms with Gasteiger partial charge in [0.1, 0.15) is 0 Å². The molecule has 4 rings (SSSR count). The van der Waals surface area contributed by atoms with E-state index in [1.807, 2.05) is 0 Å². The van der Waals surface area contributed by atoms with E-state index in [0.717, 1.165) is 11.3 Å². The van der Waals surface area contributed by atoms with Gasteiger partial charge < -0.3 is 9.84 Å². The highest BCUT2D eigenvalue weighted by Crippen LogP contribution is 2.27. The number of halogens is 2. The molecule has 162 valence electrons. The third kappa shape index (κ3) is 4.33. The highest BCUT2D eigenvalue weighted by molar-refractivity contribution is 7.17. The van der Waals surface area contributed by atoms with Gasteiger partial charge in [-0.15, -0.1) is 5.11 Å². The highest BCUT2D eigenvalue weighted by atomic mass is 35.5. The van der Waals surface area contributed by atoms with E-state index in [0.29, 0.717) is 26.6 Å². The fourth-order valence-corrected chi connectivity index (χ4v) is 3.85. The molecule has 0 fully saturated rings. The second-order valence-corrected chi connectivity index (χ2v) is 8.10. The molecule has 0 spiro atoms. The molecule has 4 aromatic rings. The van der Waals surface area contributed by atoms with E-state index < -0.39 is 23.0 Å². The standard InChI is InChI=1S/C20H13Cl2N5O4S/c1-2-31-19(30)15(25-24-12-6-3-10(21)4-7-12)16(28)18-26-27-14-9-11(22)5-8-13(14)17(29)23-20(27)32-18/h3-9,28H,2H2,1H3. The Labute approximate surface area is 194 Å². The van der Waals surface area contributed by atoms with Crippen molar-refractivity contribution in [3.63, 3.8) is 0 Å². The molecule has 0 saturated carbocycles. The number of esters is 1. The van der Waals surface area contributed by atoms with Crippen molar-refractivity contribution in [1.82, 2.24) is 14.6 Å². The lowest BCUT2D eigenvalue weighted by Crippen LogP contribution is -2.10. The lowest BCUT2D eigenvalue weighted by atomic mass is 10.2. The smallest absolute Gasteiger partial charge is 0.362 e. The van der Waals surface area contributed by atoms with E-state index >= 15 is 0 Å². The molecular weight excluding hydrogens is 477 g/mol. The van der Waals surface area contributed by atoms with Gasteiger partial charge in [0.05, 0.1) is 23.2 Å². The first-order chi connectivity index (χ1) is 15.4. The van der Waals surface area contributed by atoms with Crippen molar-refractivity contribution in [2.24, 2.45) is 10.2 Å². The maximum Gasteiger partial charge on any atom is 0.362 e. The molecule has 2 aromatic heterocycles. The van der Waals surface area contributed by atoms with Crippen LogP contribution in [-0.4, -0.2) is 32.3 Å². The summed E-state index contributed by atoms with van der Waals surface area (Å²) in [5.74, 6) is -1.46. The fourth-order valence-electron chi connectivity index (χ4n) is 2.72. The summed E-state index contributed by atoms with van der Waals surface area (Å²) in [6, 6.07) is 11.1. The molecule has 0 saturated heterocycles. The number of hydrogen-bond acceptors (Lipinski definition) is 9. The number of hydrogen-bond donors (Lipinski definition) is 1. The van der Waals surface area contributed by atoms with E-state index in [1.165, 1.54) is 4.52 Å². The van der Waals surface area contributed by atoms with Crippen LogP contribution in [0.25, 0.3) is 21.6 Å². The Morgan fingerprint density at radius 1 is 1.19 bits per heavy atom. The number of benzene rings is 2. The van der Waals surface area contributed by atoms with Gasteiger partial charge in [-0.25, -0.2) is 9.31 Å². The van der Waals surface area contributed by atoms with Crippen molar-refractivity contribution in [2.45, 2.75) is 6.92 Å². The van der Waals surface area contributed by atoms with Gasteiger partial charge in [0, 0.05) is 10.0 Å². The number of carbonyl (C=O) groups is 1. The summed E-state index contributed by atoms with van der Waals surface area (Å²) in [6.45, 7) is 1.68. The molecule has 0 radical (unpaired) electrons. The van der Waals surface area contributed by atoms with Crippen LogP contribution in [0.4, 0.5) is 5.69 Å². The number of aromatic nitrogens is 3. The Hall–Kier alpha value is -3.34. The summed E-state index contributed by atoms with van der Waals surface area (Å²) in [5, 5.41) is 24.1. The predicted octanol–water partition coefficient (Wildman–Crippen LogP) is 5.18. The van der Waals surface area contributed by atoms with Crippen molar-refractivity contribution in [3.8, 4) is 0 Å². The predicted molar refractivity (Wildman–Crippen MR) is 122 cm³/mol. The van der Waals surface area contributed by atoms with Crippen LogP contribution in [0.3, 0.4) is 0 Å². The number of aliphatic hydroxyl groups excluding tert-OH is 1. The average Bonchev–Trinajstić information content (AvgIpc) is 3.19. The zero-order valence-corrected chi connectivity index (χ0v) is 18.6. The Bertz CT molecular complexity index is 1460. The van der Waals surface area contributed by atoms with Crippen LogP contribution in [0.5, 0.6) is 0 Å². The quantitative estimate of drug-likeness (QED) is 0.178. The normalized spacial score (nSPS) is 12.5. The van der Waals surface area contributed by atoms with E-state index in [2.05, 4.69) is 20.3 Å². The Kier molecular flexibility index (Phi) is 6.17. The number of nitrogens with zero attached hydrogens (tertiary/aromatic N) is 5. The first-order valence-corrected chi connectivity index (χ1v) is 10.7. The zero-order chi connectivity index (χ0) is 22.8. The lowest BCUT2D eigenvalue weighted by Gasteiger charge is -2.03. The van der Waals surface area contributed by atoms with Gasteiger partial charge in [0.15, 0.2) is 10.8 Å². The van der Waals surface area contributed by atoms with Gasteiger partial charge in [0.25, 0.3) is 5.56 Å². The summed E-state index contributed by atoms with van der Waals surface area (Å²) >= 11 is 12.8. The summed E-state index contributed by atoms with van der Waals surface area (Å²) in [5.41, 5.74) is -0.112. The SMILES string of the molecule is CCOC(=O)C(N=Nc1ccc(Cl)cc1)=C(O)c1nn2c(nc(=O)c3ccc(Cl)cc32)s1. The van der Waals surface area contributed by atoms with E-state index in [1.54, 1.807) is 49.4 Å². The minimum atomic E-state index is -0.891. The first kappa shape index (κ1) is 21.9. The van der Waals surface area contributed by atoms with Crippen LogP contribution < -0.4 is 5.56 Å². The molecule has 1 N–H and O–H groups in total. The lowest BCUT2D eigenvalue weighted by molar-refractivity contribution is -0.138. The van der Waals surface area contributed by atoms with Crippen molar-refractivity contribution < 1.29 is 14.6 Å². The van der Waals surface area contributed by atoms with Crippen LogP contribution in [-0.2, 0) is 9.53 Å². The first-order valence-electron chi connectivity index (χ1n) is 9.14. The van der Waals surface area contributed by atoms with Crippen molar-refractivity contribution in [3.05, 3.63) is 73.6 Å². The topological polar surface area (TPSA) is 119 Å². The summed E-state index contributed by atoms with van der Waals surface area (Å²) in [6.07, 6.45) is 0. The minimum Gasteiger partial charge on any atom is -0.503 e. The molecule has 9 nitrogen and oxygen atoms in total. The minimum absolute atomic E-state index is 0.0116. The summed E-state index contributed by atoms with van der Waals surface area (Å²) in [4.78, 5) is 28.9. The largest absolute Gasteiger partial charge is 0.503 e. The average molecular weight is 490 g/mol. The van der Waals surface area contributed by atoms with Crippen molar-refractivity contribution in [2.75, 3.05) is 6.61 Å². The molecule has 12 heteroatoms. The Balaban J connectivity index is 1.86. The van der Waals surface area contributed by atoms with Gasteiger partial charge >= 0.3 is 5.97 Å². The maximum absolute atomic E-state index is 12.4. The summed E-state index contributed by atoms with van der Waals surface area (Å²) < 4.78 is 6.35. The van der Waals surface area contributed by atoms with E-state index in [9.17, 15) is 14.7 Å². The van der Waals surface area contributed by atoms with Crippen molar-refractivity contribution >= 4 is 67.8 Å². The number of carbonyl (C=O) groups excluding carboxylic acids is 1. The third-order valence-electron chi connectivity index (χ3n) is 4.16. The third-order valence-corrected chi connectivity index (χ3v) is 5.57. The van der Waals surface area contributed by atoms with Crippen LogP contribution in [0, 0.1) is 0 Å². The molecule has 2 heterocycles. The van der Waals surface area contributed by atoms with Gasteiger partial charge in [-0.3, -0.25) is 4.79 Å². The number of aliphatic hydroxyl groups is 1. The molecule has 2 aromatic carbocycles. The number of rotatable bonds is 5. The van der Waals surface area contributed by atoms with Crippen LogP contribution in [0.1, 0.15) is 11.9 Å². The molecule has 0 aliphatic heterocycles. The van der Waals surface area contributed by atoms with Crippen LogP contribution >= 0.6 is 34.5 Å². The molecule has 0 amide bonds. The van der Waals surface area contributed by atoms with Gasteiger partial charge in [-0.05, 0) is 49.4 Å². The number of azo groups is 1. The second kappa shape index (κ2) is 9.03. The van der Waals surface area contributed by atoms with Crippen molar-refractivity contribution in [1.29, 1.82) is 0 Å².